The van der Waals surface area contributed by atoms with Gasteiger partial charge in [-0.25, -0.2) is 4.98 Å². The molecule has 1 fully saturated rings. The number of fused-ring (bicyclic) bond motifs is 1. The molecule has 0 atom stereocenters. The van der Waals surface area contributed by atoms with Crippen molar-refractivity contribution in [1.29, 1.82) is 0 Å². The number of nitrogens with one attached hydrogen (secondary N) is 1. The van der Waals surface area contributed by atoms with Gasteiger partial charge >= 0.3 is 0 Å². The average Bonchev–Trinajstić information content (AvgIpc) is 3.17. The van der Waals surface area contributed by atoms with Crippen molar-refractivity contribution >= 4 is 28.2 Å². The molecule has 1 amide bonds. The van der Waals surface area contributed by atoms with Gasteiger partial charge in [-0.2, -0.15) is 0 Å². The Morgan fingerprint density at radius 1 is 1.04 bits per heavy atom. The van der Waals surface area contributed by atoms with Crippen LogP contribution in [0, 0.1) is 6.92 Å². The maximum atomic E-state index is 12.8. The minimum absolute atomic E-state index is 0.0242. The zero-order valence-corrected chi connectivity index (χ0v) is 14.3. The maximum Gasteiger partial charge on any atom is 0.272 e. The quantitative estimate of drug-likeness (QED) is 0.767. The summed E-state index contributed by atoms with van der Waals surface area (Å²) >= 11 is 0. The predicted octanol–water partition coefficient (Wildman–Crippen LogP) is 4.52. The van der Waals surface area contributed by atoms with E-state index in [9.17, 15) is 4.79 Å². The van der Waals surface area contributed by atoms with E-state index >= 15 is 0 Å². The molecular formula is C21H21N3O. The van der Waals surface area contributed by atoms with Crippen LogP contribution in [0.1, 0.15) is 28.9 Å². The summed E-state index contributed by atoms with van der Waals surface area (Å²) in [6.07, 6.45) is 2.15. The number of likely N-dealkylation sites (tertiary alicyclic amines) is 1. The van der Waals surface area contributed by atoms with Crippen LogP contribution in [0.3, 0.4) is 0 Å². The highest BCUT2D eigenvalue weighted by atomic mass is 16.2. The van der Waals surface area contributed by atoms with Crippen LogP contribution in [0.4, 0.5) is 11.4 Å². The summed E-state index contributed by atoms with van der Waals surface area (Å²) in [5, 5.41) is 4.48. The Labute approximate surface area is 147 Å². The van der Waals surface area contributed by atoms with Crippen molar-refractivity contribution in [3.8, 4) is 0 Å². The van der Waals surface area contributed by atoms with E-state index in [1.165, 1.54) is 5.56 Å². The van der Waals surface area contributed by atoms with Gasteiger partial charge in [-0.05, 0) is 50.1 Å². The SMILES string of the molecule is Cc1ccc2nc(C(=O)N3CCCC3)cc(Nc3ccccc3)c2c1. The largest absolute Gasteiger partial charge is 0.355 e. The molecule has 2 aromatic carbocycles. The molecule has 1 saturated heterocycles. The van der Waals surface area contributed by atoms with E-state index in [0.29, 0.717) is 5.69 Å². The molecular weight excluding hydrogens is 310 g/mol. The van der Waals surface area contributed by atoms with Crippen molar-refractivity contribution in [2.24, 2.45) is 0 Å². The summed E-state index contributed by atoms with van der Waals surface area (Å²) in [4.78, 5) is 19.3. The summed E-state index contributed by atoms with van der Waals surface area (Å²) in [6, 6.07) is 18.0. The Bertz CT molecular complexity index is 915. The summed E-state index contributed by atoms with van der Waals surface area (Å²) in [5.74, 6) is 0.0242. The van der Waals surface area contributed by atoms with Gasteiger partial charge in [0, 0.05) is 24.2 Å². The number of benzene rings is 2. The Balaban J connectivity index is 1.80. The second-order valence-electron chi connectivity index (χ2n) is 6.57. The van der Waals surface area contributed by atoms with Gasteiger partial charge in [-0.3, -0.25) is 4.79 Å². The van der Waals surface area contributed by atoms with Crippen molar-refractivity contribution in [2.45, 2.75) is 19.8 Å². The predicted molar refractivity (Wildman–Crippen MR) is 101 cm³/mol. The molecule has 3 aromatic rings. The van der Waals surface area contributed by atoms with E-state index in [1.54, 1.807) is 0 Å². The molecule has 1 N–H and O–H groups in total. The highest BCUT2D eigenvalue weighted by Gasteiger charge is 2.22. The summed E-state index contributed by atoms with van der Waals surface area (Å²) in [6.45, 7) is 3.72. The van der Waals surface area contributed by atoms with Crippen LogP contribution in [-0.4, -0.2) is 28.9 Å². The zero-order valence-electron chi connectivity index (χ0n) is 14.3. The number of pyridine rings is 1. The lowest BCUT2D eigenvalue weighted by Crippen LogP contribution is -2.28. The van der Waals surface area contributed by atoms with E-state index in [4.69, 9.17) is 0 Å². The van der Waals surface area contributed by atoms with E-state index in [2.05, 4.69) is 23.3 Å². The molecule has 2 heterocycles. The lowest BCUT2D eigenvalue weighted by molar-refractivity contribution is 0.0787. The Morgan fingerprint density at radius 2 is 1.80 bits per heavy atom. The van der Waals surface area contributed by atoms with Gasteiger partial charge in [0.15, 0.2) is 0 Å². The van der Waals surface area contributed by atoms with Gasteiger partial charge in [0.05, 0.1) is 11.2 Å². The molecule has 4 heteroatoms. The fourth-order valence-corrected chi connectivity index (χ4v) is 3.31. The molecule has 25 heavy (non-hydrogen) atoms. The molecule has 0 unspecified atom stereocenters. The van der Waals surface area contributed by atoms with Crippen molar-refractivity contribution in [3.05, 3.63) is 65.9 Å². The van der Waals surface area contributed by atoms with Gasteiger partial charge in [0.25, 0.3) is 5.91 Å². The minimum Gasteiger partial charge on any atom is -0.355 e. The monoisotopic (exact) mass is 331 g/mol. The third kappa shape index (κ3) is 3.20. The molecule has 1 aromatic heterocycles. The topological polar surface area (TPSA) is 45.2 Å². The third-order valence-corrected chi connectivity index (χ3v) is 4.63. The fourth-order valence-electron chi connectivity index (χ4n) is 3.31. The Morgan fingerprint density at radius 3 is 2.56 bits per heavy atom. The highest BCUT2D eigenvalue weighted by Crippen LogP contribution is 2.28. The van der Waals surface area contributed by atoms with E-state index in [1.807, 2.05) is 53.4 Å². The first kappa shape index (κ1) is 15.6. The van der Waals surface area contributed by atoms with Crippen LogP contribution < -0.4 is 5.32 Å². The van der Waals surface area contributed by atoms with E-state index in [0.717, 1.165) is 48.2 Å². The van der Waals surface area contributed by atoms with Crippen LogP contribution in [0.15, 0.2) is 54.6 Å². The molecule has 4 rings (SSSR count). The van der Waals surface area contributed by atoms with Gasteiger partial charge in [-0.15, -0.1) is 0 Å². The number of nitrogens with zero attached hydrogens (tertiary/aromatic N) is 2. The maximum absolute atomic E-state index is 12.8. The van der Waals surface area contributed by atoms with E-state index < -0.39 is 0 Å². The van der Waals surface area contributed by atoms with Crippen LogP contribution in [0.25, 0.3) is 10.9 Å². The lowest BCUT2D eigenvalue weighted by atomic mass is 10.1. The number of rotatable bonds is 3. The van der Waals surface area contributed by atoms with Crippen molar-refractivity contribution in [1.82, 2.24) is 9.88 Å². The van der Waals surface area contributed by atoms with Crippen molar-refractivity contribution in [2.75, 3.05) is 18.4 Å². The smallest absolute Gasteiger partial charge is 0.272 e. The van der Waals surface area contributed by atoms with Gasteiger partial charge in [-0.1, -0.05) is 29.8 Å². The average molecular weight is 331 g/mol. The molecule has 4 nitrogen and oxygen atoms in total. The fraction of sp³-hybridized carbons (Fsp3) is 0.238. The first-order valence-electron chi connectivity index (χ1n) is 8.73. The van der Waals surface area contributed by atoms with Gasteiger partial charge < -0.3 is 10.2 Å². The Kier molecular flexibility index (Phi) is 4.10. The van der Waals surface area contributed by atoms with Crippen LogP contribution in [0.5, 0.6) is 0 Å². The van der Waals surface area contributed by atoms with Crippen LogP contribution >= 0.6 is 0 Å². The number of carbonyl (C=O) groups is 1. The third-order valence-electron chi connectivity index (χ3n) is 4.63. The zero-order chi connectivity index (χ0) is 17.2. The summed E-state index contributed by atoms with van der Waals surface area (Å²) in [5.41, 5.74) is 4.44. The first-order valence-corrected chi connectivity index (χ1v) is 8.73. The van der Waals surface area contributed by atoms with E-state index in [-0.39, 0.29) is 5.91 Å². The van der Waals surface area contributed by atoms with Gasteiger partial charge in [0.2, 0.25) is 0 Å². The molecule has 0 spiro atoms. The number of aromatic nitrogens is 1. The summed E-state index contributed by atoms with van der Waals surface area (Å²) in [7, 11) is 0. The standard InChI is InChI=1S/C21H21N3O/c1-15-9-10-18-17(13-15)19(22-16-7-3-2-4-8-16)14-20(23-18)21(25)24-11-5-6-12-24/h2-4,7-10,13-14H,5-6,11-12H2,1H3,(H,22,23). The first-order chi connectivity index (χ1) is 12.2. The number of amides is 1. The normalized spacial score (nSPS) is 14.0. The number of anilines is 2. The van der Waals surface area contributed by atoms with Crippen molar-refractivity contribution in [3.63, 3.8) is 0 Å². The molecule has 0 aliphatic carbocycles. The number of carbonyl (C=O) groups excluding carboxylic acids is 1. The van der Waals surface area contributed by atoms with Gasteiger partial charge in [0.1, 0.15) is 5.69 Å². The minimum atomic E-state index is 0.0242. The molecule has 0 radical (unpaired) electrons. The second kappa shape index (κ2) is 6.55. The van der Waals surface area contributed by atoms with Crippen molar-refractivity contribution < 1.29 is 4.79 Å². The molecule has 1 aliphatic rings. The Hall–Kier alpha value is -2.88. The number of aryl methyl sites for hydroxylation is 1. The molecule has 0 saturated carbocycles. The number of para-hydroxylation sites is 1. The van der Waals surface area contributed by atoms with Crippen LogP contribution in [-0.2, 0) is 0 Å². The van der Waals surface area contributed by atoms with Crippen LogP contribution in [0.2, 0.25) is 0 Å². The summed E-state index contributed by atoms with van der Waals surface area (Å²) < 4.78 is 0. The molecule has 0 bridgehead atoms. The highest BCUT2D eigenvalue weighted by molar-refractivity contribution is 6.00. The number of hydrogen-bond acceptors (Lipinski definition) is 3. The lowest BCUT2D eigenvalue weighted by Gasteiger charge is -2.17. The molecule has 1 aliphatic heterocycles. The number of hydrogen-bond donors (Lipinski definition) is 1. The second-order valence-corrected chi connectivity index (χ2v) is 6.57. The molecule has 126 valence electrons.